The molecule has 100 valence electrons. The number of nitrogens with zero attached hydrogens (tertiary/aromatic N) is 1. The van der Waals surface area contributed by atoms with Crippen molar-refractivity contribution in [1.29, 1.82) is 0 Å². The van der Waals surface area contributed by atoms with E-state index in [1.165, 1.54) is 16.7 Å². The third-order valence-corrected chi connectivity index (χ3v) is 3.64. The van der Waals surface area contributed by atoms with Gasteiger partial charge in [-0.2, -0.15) is 0 Å². The van der Waals surface area contributed by atoms with Gasteiger partial charge in [-0.3, -0.25) is 4.98 Å². The predicted octanol–water partition coefficient (Wildman–Crippen LogP) is 3.87. The number of hydrogen-bond donors (Lipinski definition) is 1. The van der Waals surface area contributed by atoms with Gasteiger partial charge in [-0.25, -0.2) is 0 Å². The summed E-state index contributed by atoms with van der Waals surface area (Å²) in [5, 5.41) is 3.54. The first-order chi connectivity index (χ1) is 9.15. The van der Waals surface area contributed by atoms with Crippen LogP contribution in [0.4, 0.5) is 0 Å². The van der Waals surface area contributed by atoms with E-state index in [2.05, 4.69) is 70.4 Å². The number of nitrogens with one attached hydrogen (secondary N) is 1. The Morgan fingerprint density at radius 3 is 2.79 bits per heavy atom. The molecule has 1 aromatic heterocycles. The molecule has 3 heteroatoms. The van der Waals surface area contributed by atoms with Gasteiger partial charge in [0.25, 0.3) is 0 Å². The van der Waals surface area contributed by atoms with Crippen molar-refractivity contribution in [2.75, 3.05) is 0 Å². The van der Waals surface area contributed by atoms with Crippen LogP contribution in [0.15, 0.2) is 47.2 Å². The van der Waals surface area contributed by atoms with E-state index in [1.807, 2.05) is 6.20 Å². The largest absolute Gasteiger partial charge is 0.310 e. The maximum atomic E-state index is 4.17. The van der Waals surface area contributed by atoms with Crippen LogP contribution in [0.3, 0.4) is 0 Å². The molecule has 0 bridgehead atoms. The molecule has 0 saturated heterocycles. The highest BCUT2D eigenvalue weighted by Crippen LogP contribution is 2.11. The standard InChI is InChI=1S/C16H19BrN2/c1-12-5-3-4-6-15(12)7-13(2)19-10-14-8-16(17)11-18-9-14/h3-6,8-9,11,13,19H,7,10H2,1-2H3. The summed E-state index contributed by atoms with van der Waals surface area (Å²) in [5.41, 5.74) is 3.97. The monoisotopic (exact) mass is 318 g/mol. The highest BCUT2D eigenvalue weighted by molar-refractivity contribution is 9.10. The molecule has 1 atom stereocenters. The van der Waals surface area contributed by atoms with Gasteiger partial charge >= 0.3 is 0 Å². The molecule has 1 aromatic carbocycles. The molecule has 0 aliphatic heterocycles. The van der Waals surface area contributed by atoms with Crippen LogP contribution < -0.4 is 5.32 Å². The summed E-state index contributed by atoms with van der Waals surface area (Å²) in [7, 11) is 0. The van der Waals surface area contributed by atoms with Gasteiger partial charge in [0.05, 0.1) is 0 Å². The average molecular weight is 319 g/mol. The first-order valence-corrected chi connectivity index (χ1v) is 7.32. The Balaban J connectivity index is 1.88. The van der Waals surface area contributed by atoms with Gasteiger partial charge in [0.1, 0.15) is 0 Å². The molecule has 0 spiro atoms. The van der Waals surface area contributed by atoms with Gasteiger partial charge in [-0.15, -0.1) is 0 Å². The Hall–Kier alpha value is -1.19. The van der Waals surface area contributed by atoms with E-state index in [9.17, 15) is 0 Å². The Morgan fingerprint density at radius 1 is 1.26 bits per heavy atom. The van der Waals surface area contributed by atoms with Crippen molar-refractivity contribution >= 4 is 15.9 Å². The van der Waals surface area contributed by atoms with Crippen molar-refractivity contribution in [2.45, 2.75) is 32.9 Å². The van der Waals surface area contributed by atoms with E-state index in [0.29, 0.717) is 6.04 Å². The summed E-state index contributed by atoms with van der Waals surface area (Å²) in [5.74, 6) is 0. The zero-order valence-electron chi connectivity index (χ0n) is 11.4. The summed E-state index contributed by atoms with van der Waals surface area (Å²) in [4.78, 5) is 4.17. The van der Waals surface area contributed by atoms with E-state index in [1.54, 1.807) is 6.20 Å². The summed E-state index contributed by atoms with van der Waals surface area (Å²) in [6.07, 6.45) is 4.76. The number of aromatic nitrogens is 1. The maximum Gasteiger partial charge on any atom is 0.0410 e. The smallest absolute Gasteiger partial charge is 0.0410 e. The molecule has 0 saturated carbocycles. The second kappa shape index (κ2) is 6.83. The molecule has 1 N–H and O–H groups in total. The van der Waals surface area contributed by atoms with Gasteiger partial charge < -0.3 is 5.32 Å². The topological polar surface area (TPSA) is 24.9 Å². The molecule has 2 rings (SSSR count). The lowest BCUT2D eigenvalue weighted by Gasteiger charge is -2.15. The fourth-order valence-electron chi connectivity index (χ4n) is 2.09. The van der Waals surface area contributed by atoms with E-state index >= 15 is 0 Å². The van der Waals surface area contributed by atoms with Gasteiger partial charge in [0, 0.05) is 29.5 Å². The van der Waals surface area contributed by atoms with Crippen molar-refractivity contribution in [1.82, 2.24) is 10.3 Å². The van der Waals surface area contributed by atoms with Crippen molar-refractivity contribution < 1.29 is 0 Å². The number of rotatable bonds is 5. The molecule has 0 radical (unpaired) electrons. The molecule has 2 nitrogen and oxygen atoms in total. The first-order valence-electron chi connectivity index (χ1n) is 6.52. The first kappa shape index (κ1) is 14.2. The molecule has 0 aliphatic rings. The third-order valence-electron chi connectivity index (χ3n) is 3.20. The number of hydrogen-bond acceptors (Lipinski definition) is 2. The predicted molar refractivity (Wildman–Crippen MR) is 83.1 cm³/mol. The van der Waals surface area contributed by atoms with E-state index in [-0.39, 0.29) is 0 Å². The van der Waals surface area contributed by atoms with Crippen LogP contribution >= 0.6 is 15.9 Å². The molecule has 0 aliphatic carbocycles. The van der Waals surface area contributed by atoms with Crippen molar-refractivity contribution in [3.8, 4) is 0 Å². The maximum absolute atomic E-state index is 4.17. The fraction of sp³-hybridized carbons (Fsp3) is 0.312. The van der Waals surface area contributed by atoms with Crippen molar-refractivity contribution in [3.63, 3.8) is 0 Å². The van der Waals surface area contributed by atoms with Crippen LogP contribution in [0.25, 0.3) is 0 Å². The quantitative estimate of drug-likeness (QED) is 0.905. The van der Waals surface area contributed by atoms with Crippen molar-refractivity contribution in [3.05, 3.63) is 63.9 Å². The zero-order valence-corrected chi connectivity index (χ0v) is 12.9. The van der Waals surface area contributed by atoms with Crippen LogP contribution in [0.2, 0.25) is 0 Å². The molecule has 1 heterocycles. The van der Waals surface area contributed by atoms with E-state index in [4.69, 9.17) is 0 Å². The lowest BCUT2D eigenvalue weighted by Crippen LogP contribution is -2.27. The molecule has 1 unspecified atom stereocenters. The number of aryl methyl sites for hydroxylation is 1. The number of pyridine rings is 1. The van der Waals surface area contributed by atoms with Crippen LogP contribution in [0, 0.1) is 6.92 Å². The van der Waals surface area contributed by atoms with Gasteiger partial charge in [0.2, 0.25) is 0 Å². The van der Waals surface area contributed by atoms with Crippen LogP contribution in [-0.2, 0) is 13.0 Å². The summed E-state index contributed by atoms with van der Waals surface area (Å²) >= 11 is 3.44. The highest BCUT2D eigenvalue weighted by Gasteiger charge is 2.05. The molecule has 0 fully saturated rings. The average Bonchev–Trinajstić information content (AvgIpc) is 2.39. The number of benzene rings is 1. The SMILES string of the molecule is Cc1ccccc1CC(C)NCc1cncc(Br)c1. The Morgan fingerprint density at radius 2 is 2.05 bits per heavy atom. The Kier molecular flexibility index (Phi) is 5.11. The minimum Gasteiger partial charge on any atom is -0.310 e. The summed E-state index contributed by atoms with van der Waals surface area (Å²) in [6, 6.07) is 11.1. The third kappa shape index (κ3) is 4.44. The zero-order chi connectivity index (χ0) is 13.7. The van der Waals surface area contributed by atoms with Gasteiger partial charge in [-0.05, 0) is 59.0 Å². The van der Waals surface area contributed by atoms with E-state index < -0.39 is 0 Å². The van der Waals surface area contributed by atoms with Crippen LogP contribution in [0.1, 0.15) is 23.6 Å². The van der Waals surface area contributed by atoms with E-state index in [0.717, 1.165) is 17.4 Å². The molecule has 0 amide bonds. The molecular weight excluding hydrogens is 300 g/mol. The van der Waals surface area contributed by atoms with Crippen molar-refractivity contribution in [2.24, 2.45) is 0 Å². The minimum absolute atomic E-state index is 0.445. The van der Waals surface area contributed by atoms with Gasteiger partial charge in [-0.1, -0.05) is 24.3 Å². The second-order valence-corrected chi connectivity index (χ2v) is 5.84. The highest BCUT2D eigenvalue weighted by atomic mass is 79.9. The lowest BCUT2D eigenvalue weighted by atomic mass is 10.0. The van der Waals surface area contributed by atoms with Gasteiger partial charge in [0.15, 0.2) is 0 Å². The van der Waals surface area contributed by atoms with Crippen LogP contribution in [-0.4, -0.2) is 11.0 Å². The number of halogens is 1. The second-order valence-electron chi connectivity index (χ2n) is 4.92. The molecular formula is C16H19BrN2. The summed E-state index contributed by atoms with van der Waals surface area (Å²) < 4.78 is 1.03. The fourth-order valence-corrected chi connectivity index (χ4v) is 2.50. The minimum atomic E-state index is 0.445. The Labute approximate surface area is 123 Å². The lowest BCUT2D eigenvalue weighted by molar-refractivity contribution is 0.544. The molecule has 2 aromatic rings. The normalized spacial score (nSPS) is 12.4. The summed E-state index contributed by atoms with van der Waals surface area (Å²) in [6.45, 7) is 5.23. The Bertz CT molecular complexity index is 540. The van der Waals surface area contributed by atoms with Crippen LogP contribution in [0.5, 0.6) is 0 Å². The molecule has 19 heavy (non-hydrogen) atoms.